The topological polar surface area (TPSA) is 66.5 Å². The van der Waals surface area contributed by atoms with E-state index >= 15 is 0 Å². The lowest BCUT2D eigenvalue weighted by Gasteiger charge is -2.19. The van der Waals surface area contributed by atoms with Gasteiger partial charge in [-0.3, -0.25) is 4.79 Å². The number of rotatable bonds is 5. The molecule has 0 spiro atoms. The van der Waals surface area contributed by atoms with E-state index in [1.165, 1.54) is 10.4 Å². The van der Waals surface area contributed by atoms with Crippen molar-refractivity contribution in [2.45, 2.75) is 44.6 Å². The Morgan fingerprint density at radius 3 is 2.39 bits per heavy atom. The van der Waals surface area contributed by atoms with Crippen LogP contribution in [0.25, 0.3) is 0 Å². The monoisotopic (exact) mass is 402 g/mol. The number of benzene rings is 1. The molecular weight excluding hydrogens is 380 g/mol. The summed E-state index contributed by atoms with van der Waals surface area (Å²) in [6, 6.07) is 4.63. The maximum Gasteiger partial charge on any atom is 0.252 e. The quantitative estimate of drug-likeness (QED) is 0.822. The summed E-state index contributed by atoms with van der Waals surface area (Å²) >= 11 is 3.34. The summed E-state index contributed by atoms with van der Waals surface area (Å²) in [6.45, 7) is 7.07. The molecule has 1 heterocycles. The van der Waals surface area contributed by atoms with E-state index in [0.29, 0.717) is 29.0 Å². The standard InChI is InChI=1S/C16H23BrN2O3S/c1-11(2)12(3)18-16(20)14-10-13(6-7-15(14)17)23(21,22)19-8-4-5-9-19/h6-7,10-12H,4-5,8-9H2,1-3H3,(H,18,20). The zero-order chi connectivity index (χ0) is 17.2. The number of carbonyl (C=O) groups is 1. The van der Waals surface area contributed by atoms with Gasteiger partial charge in [-0.1, -0.05) is 13.8 Å². The van der Waals surface area contributed by atoms with Crippen molar-refractivity contribution in [3.63, 3.8) is 0 Å². The van der Waals surface area contributed by atoms with Crippen LogP contribution in [-0.2, 0) is 10.0 Å². The third-order valence-electron chi connectivity index (χ3n) is 4.24. The molecule has 7 heteroatoms. The van der Waals surface area contributed by atoms with Crippen molar-refractivity contribution in [1.82, 2.24) is 9.62 Å². The largest absolute Gasteiger partial charge is 0.349 e. The summed E-state index contributed by atoms with van der Waals surface area (Å²) in [7, 11) is -3.52. The van der Waals surface area contributed by atoms with E-state index in [1.807, 2.05) is 20.8 Å². The van der Waals surface area contributed by atoms with Crippen LogP contribution in [0.4, 0.5) is 0 Å². The van der Waals surface area contributed by atoms with Crippen molar-refractivity contribution in [3.8, 4) is 0 Å². The summed E-state index contributed by atoms with van der Waals surface area (Å²) in [5, 5.41) is 2.91. The Bertz CT molecular complexity index is 683. The number of halogens is 1. The Morgan fingerprint density at radius 1 is 1.22 bits per heavy atom. The maximum atomic E-state index is 12.6. The molecule has 1 aromatic carbocycles. The lowest BCUT2D eigenvalue weighted by atomic mass is 10.1. The van der Waals surface area contributed by atoms with Gasteiger partial charge in [0.05, 0.1) is 10.5 Å². The van der Waals surface area contributed by atoms with Gasteiger partial charge in [0.15, 0.2) is 0 Å². The molecule has 1 atom stereocenters. The van der Waals surface area contributed by atoms with Gasteiger partial charge < -0.3 is 5.32 Å². The van der Waals surface area contributed by atoms with Gasteiger partial charge >= 0.3 is 0 Å². The molecule has 1 unspecified atom stereocenters. The van der Waals surface area contributed by atoms with E-state index in [-0.39, 0.29) is 16.8 Å². The van der Waals surface area contributed by atoms with Crippen molar-refractivity contribution in [1.29, 1.82) is 0 Å². The Hall–Kier alpha value is -0.920. The second-order valence-electron chi connectivity index (χ2n) is 6.26. The number of hydrogen-bond donors (Lipinski definition) is 1. The molecule has 0 aromatic heterocycles. The van der Waals surface area contributed by atoms with Crippen LogP contribution in [0.3, 0.4) is 0 Å². The molecule has 0 saturated carbocycles. The van der Waals surface area contributed by atoms with Crippen molar-refractivity contribution in [2.75, 3.05) is 13.1 Å². The molecule has 1 aromatic rings. The van der Waals surface area contributed by atoms with E-state index in [9.17, 15) is 13.2 Å². The molecule has 128 valence electrons. The Labute approximate surface area is 146 Å². The zero-order valence-electron chi connectivity index (χ0n) is 13.7. The van der Waals surface area contributed by atoms with E-state index in [0.717, 1.165) is 12.8 Å². The first-order chi connectivity index (χ1) is 10.7. The SMILES string of the molecule is CC(C)C(C)NC(=O)c1cc(S(=O)(=O)N2CCCC2)ccc1Br. The maximum absolute atomic E-state index is 12.6. The van der Waals surface area contributed by atoms with Crippen molar-refractivity contribution >= 4 is 31.9 Å². The van der Waals surface area contributed by atoms with E-state index < -0.39 is 10.0 Å². The number of nitrogens with zero attached hydrogens (tertiary/aromatic N) is 1. The Kier molecular flexibility index (Phi) is 5.86. The fourth-order valence-electron chi connectivity index (χ4n) is 2.37. The highest BCUT2D eigenvalue weighted by Crippen LogP contribution is 2.25. The minimum Gasteiger partial charge on any atom is -0.349 e. The number of carbonyl (C=O) groups excluding carboxylic acids is 1. The molecule has 1 N–H and O–H groups in total. The first kappa shape index (κ1) is 18.4. The molecule has 1 aliphatic heterocycles. The van der Waals surface area contributed by atoms with Crippen LogP contribution in [0.5, 0.6) is 0 Å². The van der Waals surface area contributed by atoms with Crippen LogP contribution < -0.4 is 5.32 Å². The molecule has 0 aliphatic carbocycles. The van der Waals surface area contributed by atoms with E-state index in [4.69, 9.17) is 0 Å². The molecule has 23 heavy (non-hydrogen) atoms. The minimum atomic E-state index is -3.52. The summed E-state index contributed by atoms with van der Waals surface area (Å²) in [6.07, 6.45) is 1.77. The second-order valence-corrected chi connectivity index (χ2v) is 9.05. The smallest absolute Gasteiger partial charge is 0.252 e. The number of hydrogen-bond acceptors (Lipinski definition) is 3. The van der Waals surface area contributed by atoms with Gasteiger partial charge in [-0.05, 0) is 59.8 Å². The van der Waals surface area contributed by atoms with Crippen molar-refractivity contribution < 1.29 is 13.2 Å². The highest BCUT2D eigenvalue weighted by molar-refractivity contribution is 9.10. The molecule has 2 rings (SSSR count). The molecule has 1 fully saturated rings. The van der Waals surface area contributed by atoms with Gasteiger partial charge in [-0.2, -0.15) is 4.31 Å². The van der Waals surface area contributed by atoms with E-state index in [2.05, 4.69) is 21.2 Å². The molecule has 0 bridgehead atoms. The summed E-state index contributed by atoms with van der Waals surface area (Å²) in [4.78, 5) is 12.6. The lowest BCUT2D eigenvalue weighted by molar-refractivity contribution is 0.0929. The predicted molar refractivity (Wildman–Crippen MR) is 93.9 cm³/mol. The van der Waals surface area contributed by atoms with Crippen LogP contribution >= 0.6 is 15.9 Å². The van der Waals surface area contributed by atoms with Gasteiger partial charge in [-0.25, -0.2) is 8.42 Å². The summed E-state index contributed by atoms with van der Waals surface area (Å²) < 4.78 is 27.3. The molecule has 5 nitrogen and oxygen atoms in total. The first-order valence-corrected chi connectivity index (χ1v) is 10.1. The summed E-state index contributed by atoms with van der Waals surface area (Å²) in [5.74, 6) is 0.0331. The number of sulfonamides is 1. The molecule has 1 amide bonds. The van der Waals surface area contributed by atoms with Gasteiger partial charge in [-0.15, -0.1) is 0 Å². The van der Waals surface area contributed by atoms with Gasteiger partial charge in [0.25, 0.3) is 5.91 Å². The van der Waals surface area contributed by atoms with E-state index in [1.54, 1.807) is 12.1 Å². The Balaban J connectivity index is 2.30. The second kappa shape index (κ2) is 7.32. The Morgan fingerprint density at radius 2 is 1.83 bits per heavy atom. The van der Waals surface area contributed by atoms with Crippen LogP contribution in [0.2, 0.25) is 0 Å². The van der Waals surface area contributed by atoms with Crippen molar-refractivity contribution in [2.24, 2.45) is 5.92 Å². The van der Waals surface area contributed by atoms with Crippen molar-refractivity contribution in [3.05, 3.63) is 28.2 Å². The van der Waals surface area contributed by atoms with Gasteiger partial charge in [0.2, 0.25) is 10.0 Å². The molecule has 1 aliphatic rings. The number of nitrogens with one attached hydrogen (secondary N) is 1. The van der Waals surface area contributed by atoms with Gasteiger partial charge in [0, 0.05) is 23.6 Å². The first-order valence-electron chi connectivity index (χ1n) is 7.84. The molecule has 0 radical (unpaired) electrons. The molecule has 1 saturated heterocycles. The fraction of sp³-hybridized carbons (Fsp3) is 0.562. The average molecular weight is 403 g/mol. The van der Waals surface area contributed by atoms with Crippen LogP contribution in [0, 0.1) is 5.92 Å². The number of amides is 1. The minimum absolute atomic E-state index is 0.00763. The lowest BCUT2D eigenvalue weighted by Crippen LogP contribution is -2.36. The fourth-order valence-corrected chi connectivity index (χ4v) is 4.34. The highest BCUT2D eigenvalue weighted by atomic mass is 79.9. The molecular formula is C16H23BrN2O3S. The van der Waals surface area contributed by atoms with Gasteiger partial charge in [0.1, 0.15) is 0 Å². The predicted octanol–water partition coefficient (Wildman–Crippen LogP) is 3.01. The van der Waals surface area contributed by atoms with Crippen LogP contribution in [-0.4, -0.2) is 37.8 Å². The highest BCUT2D eigenvalue weighted by Gasteiger charge is 2.28. The third kappa shape index (κ3) is 4.14. The average Bonchev–Trinajstić information content (AvgIpc) is 3.02. The normalized spacial score (nSPS) is 17.4. The zero-order valence-corrected chi connectivity index (χ0v) is 16.1. The summed E-state index contributed by atoms with van der Waals surface area (Å²) in [5.41, 5.74) is 0.345. The van der Waals surface area contributed by atoms with Crippen LogP contribution in [0.15, 0.2) is 27.6 Å². The third-order valence-corrected chi connectivity index (χ3v) is 6.83. The van der Waals surface area contributed by atoms with Crippen LogP contribution in [0.1, 0.15) is 44.0 Å².